The van der Waals surface area contributed by atoms with Gasteiger partial charge in [-0.2, -0.15) is 0 Å². The summed E-state index contributed by atoms with van der Waals surface area (Å²) >= 11 is 0. The zero-order valence-corrected chi connectivity index (χ0v) is 17.5. The highest BCUT2D eigenvalue weighted by Gasteiger charge is 2.56. The number of amides is 2. The molecule has 3 fully saturated rings. The van der Waals surface area contributed by atoms with Gasteiger partial charge in [0.2, 0.25) is 5.91 Å². The van der Waals surface area contributed by atoms with Crippen molar-refractivity contribution < 1.29 is 31.5 Å². The van der Waals surface area contributed by atoms with Crippen LogP contribution in [0.4, 0.5) is 22.0 Å². The average Bonchev–Trinajstić information content (AvgIpc) is 3.28. The van der Waals surface area contributed by atoms with Gasteiger partial charge in [-0.3, -0.25) is 14.6 Å². The summed E-state index contributed by atoms with van der Waals surface area (Å²) < 4.78 is 68.2. The van der Waals surface area contributed by atoms with E-state index in [1.54, 1.807) is 5.01 Å². The molecule has 0 aliphatic carbocycles. The van der Waals surface area contributed by atoms with Gasteiger partial charge in [0.25, 0.3) is 5.91 Å². The van der Waals surface area contributed by atoms with Crippen LogP contribution in [0.15, 0.2) is 30.3 Å². The Kier molecular flexibility index (Phi) is 5.15. The van der Waals surface area contributed by atoms with Gasteiger partial charge in [0, 0.05) is 38.3 Å². The van der Waals surface area contributed by atoms with Gasteiger partial charge in [0.05, 0.1) is 17.0 Å². The number of likely N-dealkylation sites (tertiary alicyclic amines) is 1. The molecule has 0 saturated carbocycles. The van der Waals surface area contributed by atoms with E-state index < -0.39 is 52.0 Å². The Hall–Kier alpha value is -3.01. The Morgan fingerprint density at radius 3 is 2.15 bits per heavy atom. The van der Waals surface area contributed by atoms with Gasteiger partial charge < -0.3 is 4.90 Å². The third kappa shape index (κ3) is 3.56. The first-order valence-corrected chi connectivity index (χ1v) is 10.7. The molecule has 0 N–H and O–H groups in total. The Bertz CT molecular complexity index is 1130. The van der Waals surface area contributed by atoms with Gasteiger partial charge in [-0.15, -0.1) is 0 Å². The van der Waals surface area contributed by atoms with Crippen LogP contribution in [-0.4, -0.2) is 52.9 Å². The first-order chi connectivity index (χ1) is 15.7. The number of fused-ring (bicyclic) bond motifs is 1. The first kappa shape index (κ1) is 21.8. The number of carbonyl (C=O) groups excluding carboxylic acids is 2. The van der Waals surface area contributed by atoms with Gasteiger partial charge in [-0.1, -0.05) is 0 Å². The average molecular weight is 465 g/mol. The Morgan fingerprint density at radius 2 is 1.48 bits per heavy atom. The molecule has 3 saturated heterocycles. The molecular weight excluding hydrogens is 445 g/mol. The molecule has 0 aromatic heterocycles. The molecule has 5 nitrogen and oxygen atoms in total. The number of carbonyl (C=O) groups is 2. The molecule has 1 atom stereocenters. The standard InChI is InChI=1S/C23H20F5N3O2/c24-14-7-13(8-15(25)9-14)20-1-4-30-12-23(22(33)31(20)30)2-5-29(6-3-23)21(32)16-10-18(27)19(28)11-17(16)26/h7-11,20H,1-6,12H2/t20-/m0/s1. The van der Waals surface area contributed by atoms with Crippen molar-refractivity contribution in [3.05, 3.63) is 70.5 Å². The van der Waals surface area contributed by atoms with Crippen LogP contribution in [0.25, 0.3) is 0 Å². The van der Waals surface area contributed by atoms with Crippen LogP contribution >= 0.6 is 0 Å². The number of piperidine rings is 1. The summed E-state index contributed by atoms with van der Waals surface area (Å²) in [7, 11) is 0. The molecule has 2 amide bonds. The molecule has 174 valence electrons. The SMILES string of the molecule is O=C(c1cc(F)c(F)cc1F)N1CCC2(CC1)CN1CC[C@@H](c3cc(F)cc(F)c3)N1C2=O. The molecule has 5 rings (SSSR count). The second-order valence-corrected chi connectivity index (χ2v) is 8.86. The maximum absolute atomic E-state index is 14.0. The lowest BCUT2D eigenvalue weighted by molar-refractivity contribution is -0.144. The van der Waals surface area contributed by atoms with Crippen molar-refractivity contribution in [3.8, 4) is 0 Å². The summed E-state index contributed by atoms with van der Waals surface area (Å²) in [5.74, 6) is -6.18. The van der Waals surface area contributed by atoms with Crippen molar-refractivity contribution in [2.45, 2.75) is 25.3 Å². The Morgan fingerprint density at radius 1 is 0.848 bits per heavy atom. The number of hydrazine groups is 1. The van der Waals surface area contributed by atoms with Gasteiger partial charge in [0.15, 0.2) is 11.6 Å². The van der Waals surface area contributed by atoms with Crippen LogP contribution in [0.1, 0.15) is 41.2 Å². The van der Waals surface area contributed by atoms with Crippen LogP contribution in [0.2, 0.25) is 0 Å². The van der Waals surface area contributed by atoms with Crippen molar-refractivity contribution in [3.63, 3.8) is 0 Å². The number of benzene rings is 2. The van der Waals surface area contributed by atoms with Gasteiger partial charge in [-0.25, -0.2) is 27.0 Å². The lowest BCUT2D eigenvalue weighted by atomic mass is 9.77. The third-order valence-electron chi connectivity index (χ3n) is 6.93. The van der Waals surface area contributed by atoms with Crippen molar-refractivity contribution in [2.24, 2.45) is 5.41 Å². The van der Waals surface area contributed by atoms with Crippen LogP contribution in [0.3, 0.4) is 0 Å². The number of halogens is 5. The molecule has 1 spiro atoms. The Labute approximate surface area is 186 Å². The molecule has 2 aromatic carbocycles. The lowest BCUT2D eigenvalue weighted by Crippen LogP contribution is -2.48. The lowest BCUT2D eigenvalue weighted by Gasteiger charge is -2.38. The molecule has 3 aliphatic rings. The summed E-state index contributed by atoms with van der Waals surface area (Å²) in [6.07, 6.45) is 1.16. The Balaban J connectivity index is 1.32. The highest BCUT2D eigenvalue weighted by Crippen LogP contribution is 2.47. The highest BCUT2D eigenvalue weighted by molar-refractivity contribution is 5.95. The van der Waals surface area contributed by atoms with Crippen molar-refractivity contribution in [1.29, 1.82) is 0 Å². The zero-order chi connectivity index (χ0) is 23.5. The summed E-state index contributed by atoms with van der Waals surface area (Å²) in [6.45, 7) is 1.26. The smallest absolute Gasteiger partial charge is 0.256 e. The van der Waals surface area contributed by atoms with E-state index in [-0.39, 0.29) is 19.0 Å². The first-order valence-electron chi connectivity index (χ1n) is 10.7. The fourth-order valence-corrected chi connectivity index (χ4v) is 5.23. The molecule has 3 heterocycles. The maximum atomic E-state index is 14.0. The molecule has 0 unspecified atom stereocenters. The second kappa shape index (κ2) is 7.79. The minimum atomic E-state index is -1.37. The summed E-state index contributed by atoms with van der Waals surface area (Å²) in [5.41, 5.74) is -0.935. The molecule has 0 radical (unpaired) electrons. The number of nitrogens with zero attached hydrogens (tertiary/aromatic N) is 3. The van der Waals surface area contributed by atoms with Crippen LogP contribution in [0, 0.1) is 34.5 Å². The van der Waals surface area contributed by atoms with Gasteiger partial charge >= 0.3 is 0 Å². The van der Waals surface area contributed by atoms with E-state index in [2.05, 4.69) is 0 Å². The minimum absolute atomic E-state index is 0.143. The summed E-state index contributed by atoms with van der Waals surface area (Å²) in [5, 5.41) is 3.45. The van der Waals surface area contributed by atoms with Crippen LogP contribution < -0.4 is 0 Å². The molecule has 0 bridgehead atoms. The van der Waals surface area contributed by atoms with E-state index in [4.69, 9.17) is 0 Å². The fourth-order valence-electron chi connectivity index (χ4n) is 5.23. The normalized spacial score (nSPS) is 22.3. The van der Waals surface area contributed by atoms with E-state index in [1.807, 2.05) is 5.01 Å². The predicted octanol–water partition coefficient (Wildman–Crippen LogP) is 3.81. The summed E-state index contributed by atoms with van der Waals surface area (Å²) in [6, 6.07) is 3.65. The number of hydrogen-bond donors (Lipinski definition) is 0. The van der Waals surface area contributed by atoms with Crippen molar-refractivity contribution in [2.75, 3.05) is 26.2 Å². The maximum Gasteiger partial charge on any atom is 0.256 e. The van der Waals surface area contributed by atoms with Gasteiger partial charge in [0.1, 0.15) is 17.5 Å². The molecule has 2 aromatic rings. The van der Waals surface area contributed by atoms with E-state index in [0.717, 1.165) is 6.07 Å². The van der Waals surface area contributed by atoms with Crippen LogP contribution in [-0.2, 0) is 4.79 Å². The van der Waals surface area contributed by atoms with E-state index in [1.165, 1.54) is 17.0 Å². The fraction of sp³-hybridized carbons (Fsp3) is 0.391. The molecular formula is C23H20F5N3O2. The number of rotatable bonds is 2. The van der Waals surface area contributed by atoms with Crippen molar-refractivity contribution in [1.82, 2.24) is 14.9 Å². The third-order valence-corrected chi connectivity index (χ3v) is 6.93. The van der Waals surface area contributed by atoms with Crippen LogP contribution in [0.5, 0.6) is 0 Å². The number of hydrogen-bond acceptors (Lipinski definition) is 3. The predicted molar refractivity (Wildman–Crippen MR) is 106 cm³/mol. The quantitative estimate of drug-likeness (QED) is 0.501. The van der Waals surface area contributed by atoms with E-state index in [9.17, 15) is 31.5 Å². The monoisotopic (exact) mass is 465 g/mol. The minimum Gasteiger partial charge on any atom is -0.338 e. The zero-order valence-electron chi connectivity index (χ0n) is 17.5. The highest BCUT2D eigenvalue weighted by atomic mass is 19.2. The van der Waals surface area contributed by atoms with E-state index >= 15 is 0 Å². The summed E-state index contributed by atoms with van der Waals surface area (Å²) in [4.78, 5) is 27.5. The largest absolute Gasteiger partial charge is 0.338 e. The topological polar surface area (TPSA) is 43.9 Å². The molecule has 10 heteroatoms. The molecule has 33 heavy (non-hydrogen) atoms. The van der Waals surface area contributed by atoms with E-state index in [0.29, 0.717) is 50.0 Å². The molecule has 3 aliphatic heterocycles. The van der Waals surface area contributed by atoms with Gasteiger partial charge in [-0.05, 0) is 43.0 Å². The van der Waals surface area contributed by atoms with Crippen molar-refractivity contribution >= 4 is 11.8 Å². The second-order valence-electron chi connectivity index (χ2n) is 8.86.